The molecule has 0 fully saturated rings. The Bertz CT molecular complexity index is 1170. The van der Waals surface area contributed by atoms with Gasteiger partial charge in [-0.1, -0.05) is 55.8 Å². The van der Waals surface area contributed by atoms with Crippen molar-refractivity contribution in [3.8, 4) is 0 Å². The molecule has 2 aliphatic heterocycles. The van der Waals surface area contributed by atoms with E-state index in [4.69, 9.17) is 0 Å². The van der Waals surface area contributed by atoms with Gasteiger partial charge in [0, 0.05) is 42.0 Å². The minimum Gasteiger partial charge on any atom is -0.361 e. The number of anilines is 1. The maximum atomic E-state index is 13.1. The summed E-state index contributed by atoms with van der Waals surface area (Å²) in [6, 6.07) is 23.8. The average Bonchev–Trinajstić information content (AvgIpc) is 3.13. The second-order valence-corrected chi connectivity index (χ2v) is 8.81. The van der Waals surface area contributed by atoms with Crippen molar-refractivity contribution in [1.29, 1.82) is 0 Å². The van der Waals surface area contributed by atoms with Crippen LogP contribution in [0.5, 0.6) is 0 Å². The van der Waals surface area contributed by atoms with Crippen LogP contribution in [-0.4, -0.2) is 34.7 Å². The Morgan fingerprint density at radius 1 is 0.970 bits per heavy atom. The van der Waals surface area contributed by atoms with Crippen LogP contribution < -0.4 is 5.32 Å². The SMILES string of the molecule is CCCCN1C(=O)c2ccccc2C1Nc1ccc(C(=O)N2CCc3ccccc3C2)cc1. The van der Waals surface area contributed by atoms with Gasteiger partial charge in [-0.05, 0) is 54.3 Å². The highest BCUT2D eigenvalue weighted by Crippen LogP contribution is 2.34. The number of rotatable bonds is 6. The van der Waals surface area contributed by atoms with Crippen LogP contribution >= 0.6 is 0 Å². The van der Waals surface area contributed by atoms with E-state index >= 15 is 0 Å². The first-order valence-corrected chi connectivity index (χ1v) is 11.8. The van der Waals surface area contributed by atoms with Crippen LogP contribution in [0.2, 0.25) is 0 Å². The Kier molecular flexibility index (Phi) is 5.86. The number of nitrogens with zero attached hydrogens (tertiary/aromatic N) is 2. The molecule has 5 nitrogen and oxygen atoms in total. The summed E-state index contributed by atoms with van der Waals surface area (Å²) in [6.45, 7) is 4.24. The van der Waals surface area contributed by atoms with E-state index in [0.29, 0.717) is 18.7 Å². The molecule has 33 heavy (non-hydrogen) atoms. The van der Waals surface area contributed by atoms with E-state index in [-0.39, 0.29) is 18.0 Å². The van der Waals surface area contributed by atoms with Gasteiger partial charge < -0.3 is 15.1 Å². The van der Waals surface area contributed by atoms with Gasteiger partial charge in [-0.3, -0.25) is 9.59 Å². The zero-order valence-corrected chi connectivity index (χ0v) is 19.0. The lowest BCUT2D eigenvalue weighted by atomic mass is 9.99. The highest BCUT2D eigenvalue weighted by molar-refractivity contribution is 5.99. The third-order valence-corrected chi connectivity index (χ3v) is 6.66. The van der Waals surface area contributed by atoms with Crippen LogP contribution in [0.3, 0.4) is 0 Å². The van der Waals surface area contributed by atoms with E-state index in [1.54, 1.807) is 0 Å². The number of carbonyl (C=O) groups is 2. The van der Waals surface area contributed by atoms with Gasteiger partial charge in [-0.2, -0.15) is 0 Å². The summed E-state index contributed by atoms with van der Waals surface area (Å²) in [4.78, 5) is 29.9. The largest absolute Gasteiger partial charge is 0.361 e. The first-order chi connectivity index (χ1) is 16.2. The van der Waals surface area contributed by atoms with E-state index in [1.807, 2.05) is 64.4 Å². The van der Waals surface area contributed by atoms with Crippen LogP contribution in [0.15, 0.2) is 72.8 Å². The number of nitrogens with one attached hydrogen (secondary N) is 1. The summed E-state index contributed by atoms with van der Waals surface area (Å²) in [5, 5.41) is 3.53. The molecule has 2 aliphatic rings. The van der Waals surface area contributed by atoms with Gasteiger partial charge in [-0.25, -0.2) is 0 Å². The first-order valence-electron chi connectivity index (χ1n) is 11.8. The van der Waals surface area contributed by atoms with Gasteiger partial charge in [0.2, 0.25) is 0 Å². The van der Waals surface area contributed by atoms with Crippen LogP contribution in [0.25, 0.3) is 0 Å². The normalized spacial score (nSPS) is 17.0. The molecule has 3 aromatic carbocycles. The Hall–Kier alpha value is -3.60. The number of unbranched alkanes of at least 4 members (excludes halogenated alkanes) is 1. The third-order valence-electron chi connectivity index (χ3n) is 6.66. The number of benzene rings is 3. The van der Waals surface area contributed by atoms with Crippen molar-refractivity contribution in [2.45, 2.75) is 38.9 Å². The van der Waals surface area contributed by atoms with Crippen molar-refractivity contribution in [3.63, 3.8) is 0 Å². The molecule has 3 aromatic rings. The van der Waals surface area contributed by atoms with Gasteiger partial charge in [0.1, 0.15) is 6.17 Å². The maximum Gasteiger partial charge on any atom is 0.256 e. The average molecular weight is 440 g/mol. The lowest BCUT2D eigenvalue weighted by Gasteiger charge is -2.29. The molecule has 1 unspecified atom stereocenters. The van der Waals surface area contributed by atoms with Crippen LogP contribution in [-0.2, 0) is 13.0 Å². The lowest BCUT2D eigenvalue weighted by Crippen LogP contribution is -2.36. The molecule has 0 saturated heterocycles. The van der Waals surface area contributed by atoms with Gasteiger partial charge in [-0.15, -0.1) is 0 Å². The molecule has 5 rings (SSSR count). The molecule has 1 atom stereocenters. The monoisotopic (exact) mass is 439 g/mol. The van der Waals surface area contributed by atoms with E-state index in [0.717, 1.165) is 42.6 Å². The van der Waals surface area contributed by atoms with E-state index in [2.05, 4.69) is 30.4 Å². The summed E-state index contributed by atoms with van der Waals surface area (Å²) < 4.78 is 0. The predicted octanol–water partition coefficient (Wildman–Crippen LogP) is 5.25. The van der Waals surface area contributed by atoms with Crippen molar-refractivity contribution >= 4 is 17.5 Å². The molecule has 0 bridgehead atoms. The number of carbonyl (C=O) groups excluding carboxylic acids is 2. The summed E-state index contributed by atoms with van der Waals surface area (Å²) in [5.41, 5.74) is 5.92. The zero-order chi connectivity index (χ0) is 22.8. The van der Waals surface area contributed by atoms with Gasteiger partial charge >= 0.3 is 0 Å². The van der Waals surface area contributed by atoms with Gasteiger partial charge in [0.25, 0.3) is 11.8 Å². The fourth-order valence-corrected chi connectivity index (χ4v) is 4.80. The highest BCUT2D eigenvalue weighted by atomic mass is 16.2. The first kappa shape index (κ1) is 21.3. The van der Waals surface area contributed by atoms with Crippen molar-refractivity contribution < 1.29 is 9.59 Å². The summed E-state index contributed by atoms with van der Waals surface area (Å²) >= 11 is 0. The molecule has 1 N–H and O–H groups in total. The van der Waals surface area contributed by atoms with Gasteiger partial charge in [0.05, 0.1) is 0 Å². The number of amides is 2. The van der Waals surface area contributed by atoms with Crippen molar-refractivity contribution in [2.75, 3.05) is 18.4 Å². The van der Waals surface area contributed by atoms with E-state index in [9.17, 15) is 9.59 Å². The summed E-state index contributed by atoms with van der Waals surface area (Å²) in [7, 11) is 0. The quantitative estimate of drug-likeness (QED) is 0.571. The maximum absolute atomic E-state index is 13.1. The summed E-state index contributed by atoms with van der Waals surface area (Å²) in [5.74, 6) is 0.135. The molecule has 2 amide bonds. The standard InChI is InChI=1S/C28H29N3O2/c1-2-3-17-31-26(24-10-6-7-11-25(24)28(31)33)29-23-14-12-21(13-15-23)27(32)30-18-16-20-8-4-5-9-22(20)19-30/h4-15,26,29H,2-3,16-19H2,1H3. The fourth-order valence-electron chi connectivity index (χ4n) is 4.80. The molecular weight excluding hydrogens is 410 g/mol. The third kappa shape index (κ3) is 4.11. The highest BCUT2D eigenvalue weighted by Gasteiger charge is 2.35. The lowest BCUT2D eigenvalue weighted by molar-refractivity contribution is 0.0730. The molecule has 0 aliphatic carbocycles. The summed E-state index contributed by atoms with van der Waals surface area (Å²) in [6.07, 6.45) is 2.69. The van der Waals surface area contributed by atoms with Crippen LogP contribution in [0, 0.1) is 0 Å². The Labute approximate surface area is 195 Å². The minimum absolute atomic E-state index is 0.0574. The zero-order valence-electron chi connectivity index (χ0n) is 19.0. The topological polar surface area (TPSA) is 52.7 Å². The molecule has 0 spiro atoms. The van der Waals surface area contributed by atoms with E-state index in [1.165, 1.54) is 11.1 Å². The molecule has 2 heterocycles. The molecule has 0 radical (unpaired) electrons. The number of hydrogen-bond donors (Lipinski definition) is 1. The van der Waals surface area contributed by atoms with Crippen molar-refractivity contribution in [3.05, 3.63) is 101 Å². The van der Waals surface area contributed by atoms with Crippen molar-refractivity contribution in [2.24, 2.45) is 0 Å². The van der Waals surface area contributed by atoms with Crippen LogP contribution in [0.1, 0.15) is 63.3 Å². The van der Waals surface area contributed by atoms with Crippen molar-refractivity contribution in [1.82, 2.24) is 9.80 Å². The predicted molar refractivity (Wildman–Crippen MR) is 130 cm³/mol. The Morgan fingerprint density at radius 3 is 2.48 bits per heavy atom. The Morgan fingerprint density at radius 2 is 1.70 bits per heavy atom. The minimum atomic E-state index is -0.194. The van der Waals surface area contributed by atoms with E-state index < -0.39 is 0 Å². The Balaban J connectivity index is 1.31. The molecule has 5 heteroatoms. The molecule has 0 aromatic heterocycles. The molecule has 168 valence electrons. The molecular formula is C28H29N3O2. The smallest absolute Gasteiger partial charge is 0.256 e. The van der Waals surface area contributed by atoms with Gasteiger partial charge in [0.15, 0.2) is 0 Å². The number of fused-ring (bicyclic) bond motifs is 2. The molecule has 0 saturated carbocycles. The van der Waals surface area contributed by atoms with Crippen LogP contribution in [0.4, 0.5) is 5.69 Å². The second kappa shape index (κ2) is 9.10. The second-order valence-electron chi connectivity index (χ2n) is 8.81. The fraction of sp³-hybridized carbons (Fsp3) is 0.286. The number of hydrogen-bond acceptors (Lipinski definition) is 3.